The van der Waals surface area contributed by atoms with E-state index in [0.717, 1.165) is 29.8 Å². The quantitative estimate of drug-likeness (QED) is 0.349. The minimum absolute atomic E-state index is 0.0222. The smallest absolute Gasteiger partial charge is 0.305 e. The van der Waals surface area contributed by atoms with Gasteiger partial charge in [0.2, 0.25) is 0 Å². The van der Waals surface area contributed by atoms with Crippen molar-refractivity contribution in [3.8, 4) is 0 Å². The number of benzene rings is 1. The van der Waals surface area contributed by atoms with Crippen molar-refractivity contribution in [2.45, 2.75) is 71.8 Å². The van der Waals surface area contributed by atoms with Gasteiger partial charge in [-0.2, -0.15) is 0 Å². The van der Waals surface area contributed by atoms with Crippen molar-refractivity contribution in [1.82, 2.24) is 4.90 Å². The molecule has 190 valence electrons. The van der Waals surface area contributed by atoms with E-state index in [4.69, 9.17) is 5.11 Å². The van der Waals surface area contributed by atoms with Crippen LogP contribution in [0, 0.1) is 11.8 Å². The average Bonchev–Trinajstić information content (AvgIpc) is 3.29. The normalized spacial score (nSPS) is 15.1. The van der Waals surface area contributed by atoms with Crippen LogP contribution >= 0.6 is 11.3 Å². The number of nitrogens with one attached hydrogen (secondary N) is 1. The first-order valence-corrected chi connectivity index (χ1v) is 13.5. The second-order valence-electron chi connectivity index (χ2n) is 9.83. The highest BCUT2D eigenvalue weighted by Crippen LogP contribution is 2.41. The Morgan fingerprint density at radius 3 is 2.34 bits per heavy atom. The Morgan fingerprint density at radius 2 is 1.77 bits per heavy atom. The number of aliphatic carboxylic acids is 1. The number of aryl methyl sites for hydroxylation is 1. The topological polar surface area (TPSA) is 86.7 Å². The van der Waals surface area contributed by atoms with Gasteiger partial charge in [0.05, 0.1) is 17.3 Å². The summed E-state index contributed by atoms with van der Waals surface area (Å²) in [4.78, 5) is 39.8. The van der Waals surface area contributed by atoms with Gasteiger partial charge in [0.25, 0.3) is 5.91 Å². The third-order valence-electron chi connectivity index (χ3n) is 6.85. The summed E-state index contributed by atoms with van der Waals surface area (Å²) in [7, 11) is 1.62. The summed E-state index contributed by atoms with van der Waals surface area (Å²) < 4.78 is 0. The number of carboxylic acid groups (broad SMARTS) is 1. The van der Waals surface area contributed by atoms with Crippen molar-refractivity contribution in [2.24, 2.45) is 11.8 Å². The van der Waals surface area contributed by atoms with Crippen LogP contribution in [0.25, 0.3) is 0 Å². The van der Waals surface area contributed by atoms with Crippen LogP contribution in [0.3, 0.4) is 0 Å². The largest absolute Gasteiger partial charge is 0.481 e. The van der Waals surface area contributed by atoms with Gasteiger partial charge in [-0.15, -0.1) is 11.3 Å². The molecule has 1 aromatic heterocycles. The summed E-state index contributed by atoms with van der Waals surface area (Å²) in [6, 6.07) is 9.67. The van der Waals surface area contributed by atoms with Crippen molar-refractivity contribution >= 4 is 34.7 Å². The van der Waals surface area contributed by atoms with Gasteiger partial charge in [0.15, 0.2) is 5.78 Å². The van der Waals surface area contributed by atoms with Crippen LogP contribution in [0.2, 0.25) is 0 Å². The molecule has 6 nitrogen and oxygen atoms in total. The zero-order valence-electron chi connectivity index (χ0n) is 21.3. The molecule has 1 aromatic carbocycles. The predicted molar refractivity (Wildman–Crippen MR) is 141 cm³/mol. The van der Waals surface area contributed by atoms with Crippen molar-refractivity contribution in [1.29, 1.82) is 0 Å². The van der Waals surface area contributed by atoms with Crippen molar-refractivity contribution in [3.05, 3.63) is 51.2 Å². The van der Waals surface area contributed by atoms with E-state index in [1.54, 1.807) is 30.5 Å². The lowest BCUT2D eigenvalue weighted by atomic mass is 9.80. The molecule has 2 aromatic rings. The molecule has 1 aliphatic rings. The Bertz CT molecular complexity index is 1020. The molecule has 1 atom stereocenters. The number of hydrogen-bond acceptors (Lipinski definition) is 5. The van der Waals surface area contributed by atoms with Gasteiger partial charge in [-0.05, 0) is 61.1 Å². The standard InChI is InChI=1S/C28H38N2O4S/c1-5-23-22(17-24(35-23)27(33)18(2)3)26(19-9-7-6-8-10-19)29-21-13-11-20(12-14-21)28(34)30(4)16-15-25(31)32/h11-14,17-19,26,29H,5-10,15-16H2,1-4H3,(H,31,32). The number of thiophene rings is 1. The number of hydrogen-bond donors (Lipinski definition) is 2. The maximum Gasteiger partial charge on any atom is 0.305 e. The Hall–Kier alpha value is -2.67. The van der Waals surface area contributed by atoms with Crippen molar-refractivity contribution in [3.63, 3.8) is 0 Å². The highest BCUT2D eigenvalue weighted by atomic mass is 32.1. The first kappa shape index (κ1) is 26.9. The maximum atomic E-state index is 12.7. The number of amides is 1. The van der Waals surface area contributed by atoms with Gasteiger partial charge >= 0.3 is 5.97 Å². The van der Waals surface area contributed by atoms with E-state index < -0.39 is 5.97 Å². The summed E-state index contributed by atoms with van der Waals surface area (Å²) in [6.07, 6.45) is 6.87. The fourth-order valence-electron chi connectivity index (χ4n) is 4.78. The second kappa shape index (κ2) is 12.3. The number of carbonyl (C=O) groups excluding carboxylic acids is 2. The number of nitrogens with zero attached hydrogens (tertiary/aromatic N) is 1. The molecule has 1 unspecified atom stereocenters. The van der Waals surface area contributed by atoms with E-state index in [9.17, 15) is 14.4 Å². The lowest BCUT2D eigenvalue weighted by molar-refractivity contribution is -0.137. The molecule has 1 aliphatic carbocycles. The Labute approximate surface area is 212 Å². The minimum Gasteiger partial charge on any atom is -0.481 e. The summed E-state index contributed by atoms with van der Waals surface area (Å²) in [6.45, 7) is 6.23. The molecule has 0 spiro atoms. The fraction of sp³-hybridized carbons (Fsp3) is 0.536. The molecule has 1 heterocycles. The van der Waals surface area contributed by atoms with Crippen LogP contribution in [0.4, 0.5) is 5.69 Å². The molecule has 1 amide bonds. The molecule has 7 heteroatoms. The average molecular weight is 499 g/mol. The van der Waals surface area contributed by atoms with E-state index in [0.29, 0.717) is 11.5 Å². The molecule has 0 aliphatic heterocycles. The second-order valence-corrected chi connectivity index (χ2v) is 11.0. The van der Waals surface area contributed by atoms with Crippen LogP contribution < -0.4 is 5.32 Å². The monoisotopic (exact) mass is 498 g/mol. The number of carbonyl (C=O) groups is 3. The van der Waals surface area contributed by atoms with Gasteiger partial charge < -0.3 is 15.3 Å². The molecule has 0 radical (unpaired) electrons. The highest BCUT2D eigenvalue weighted by molar-refractivity contribution is 7.14. The molecular formula is C28H38N2O4S. The molecule has 1 saturated carbocycles. The van der Waals surface area contributed by atoms with Gasteiger partial charge in [-0.3, -0.25) is 14.4 Å². The molecule has 35 heavy (non-hydrogen) atoms. The first-order valence-electron chi connectivity index (χ1n) is 12.7. The lowest BCUT2D eigenvalue weighted by Crippen LogP contribution is -2.29. The van der Waals surface area contributed by atoms with E-state index in [2.05, 4.69) is 18.3 Å². The molecule has 0 saturated heterocycles. The number of anilines is 1. The van der Waals surface area contributed by atoms with Crippen LogP contribution in [-0.2, 0) is 11.2 Å². The van der Waals surface area contributed by atoms with Crippen molar-refractivity contribution < 1.29 is 19.5 Å². The van der Waals surface area contributed by atoms with E-state index in [1.165, 1.54) is 34.6 Å². The molecule has 1 fully saturated rings. The maximum absolute atomic E-state index is 12.7. The Kier molecular flexibility index (Phi) is 9.49. The van der Waals surface area contributed by atoms with E-state index >= 15 is 0 Å². The molecular weight excluding hydrogens is 460 g/mol. The van der Waals surface area contributed by atoms with E-state index in [1.807, 2.05) is 26.0 Å². The molecule has 2 N–H and O–H groups in total. The first-order chi connectivity index (χ1) is 16.7. The minimum atomic E-state index is -0.920. The SMILES string of the molecule is CCc1sc(C(=O)C(C)C)cc1C(Nc1ccc(C(=O)N(C)CCC(=O)O)cc1)C1CCCCC1. The summed E-state index contributed by atoms with van der Waals surface area (Å²) in [5.41, 5.74) is 2.71. The number of ketones is 1. The highest BCUT2D eigenvalue weighted by Gasteiger charge is 2.29. The Morgan fingerprint density at radius 1 is 1.11 bits per heavy atom. The third-order valence-corrected chi connectivity index (χ3v) is 8.16. The van der Waals surface area contributed by atoms with Crippen molar-refractivity contribution in [2.75, 3.05) is 18.9 Å². The van der Waals surface area contributed by atoms with Crippen LogP contribution in [-0.4, -0.2) is 41.3 Å². The van der Waals surface area contributed by atoms with Gasteiger partial charge in [-0.1, -0.05) is 40.0 Å². The van der Waals surface area contributed by atoms with Gasteiger partial charge in [-0.25, -0.2) is 0 Å². The predicted octanol–water partition coefficient (Wildman–Crippen LogP) is 6.43. The summed E-state index contributed by atoms with van der Waals surface area (Å²) in [5, 5.41) is 12.6. The summed E-state index contributed by atoms with van der Waals surface area (Å²) in [5.74, 6) is -0.436. The van der Waals surface area contributed by atoms with Crippen LogP contribution in [0.1, 0.15) is 95.8 Å². The number of Topliss-reactive ketones (excluding diaryl/α,β-unsaturated/α-hetero) is 1. The van der Waals surface area contributed by atoms with Gasteiger partial charge in [0, 0.05) is 35.6 Å². The number of rotatable bonds is 11. The third kappa shape index (κ3) is 6.94. The fourth-order valence-corrected chi connectivity index (χ4v) is 6.01. The van der Waals surface area contributed by atoms with E-state index in [-0.39, 0.29) is 36.6 Å². The number of carboxylic acids is 1. The van der Waals surface area contributed by atoms with Crippen LogP contribution in [0.5, 0.6) is 0 Å². The lowest BCUT2D eigenvalue weighted by Gasteiger charge is -2.32. The molecule has 3 rings (SSSR count). The molecule has 0 bridgehead atoms. The Balaban J connectivity index is 1.84. The summed E-state index contributed by atoms with van der Waals surface area (Å²) >= 11 is 1.63. The zero-order chi connectivity index (χ0) is 25.5. The van der Waals surface area contributed by atoms with Gasteiger partial charge in [0.1, 0.15) is 0 Å². The van der Waals surface area contributed by atoms with Crippen LogP contribution in [0.15, 0.2) is 30.3 Å². The zero-order valence-corrected chi connectivity index (χ0v) is 22.1.